The fourth-order valence-electron chi connectivity index (χ4n) is 3.61. The fraction of sp³-hybridized carbons (Fsp3) is 0.231. The number of amides is 1. The number of hydrogen-bond acceptors (Lipinski definition) is 4. The Morgan fingerprint density at radius 1 is 1.21 bits per heavy atom. The number of H-pyrrole nitrogens is 2. The van der Waals surface area contributed by atoms with Crippen LogP contribution in [0.4, 0.5) is 0 Å². The van der Waals surface area contributed by atoms with Gasteiger partial charge in [0, 0.05) is 47.0 Å². The van der Waals surface area contributed by atoms with Crippen molar-refractivity contribution in [1.82, 2.24) is 20.5 Å². The lowest BCUT2D eigenvalue weighted by molar-refractivity contribution is 0.0950. The maximum Gasteiger partial charge on any atom is 0.253 e. The number of aromatic nitrogens is 3. The highest BCUT2D eigenvalue weighted by Crippen LogP contribution is 2.29. The van der Waals surface area contributed by atoms with Crippen LogP contribution in [-0.4, -0.2) is 26.8 Å². The third-order valence-corrected chi connectivity index (χ3v) is 5.38. The van der Waals surface area contributed by atoms with Crippen LogP contribution in [0.25, 0.3) is 16.8 Å². The van der Waals surface area contributed by atoms with Gasteiger partial charge in [-0.2, -0.15) is 5.10 Å². The highest BCUT2D eigenvalue weighted by atomic mass is 16.1. The normalized spacial score (nSPS) is 11.2. The van der Waals surface area contributed by atoms with Crippen molar-refractivity contribution in [2.75, 3.05) is 0 Å². The molecule has 0 spiro atoms. The first-order chi connectivity index (χ1) is 15.7. The van der Waals surface area contributed by atoms with Gasteiger partial charge >= 0.3 is 0 Å². The maximum absolute atomic E-state index is 13.3. The van der Waals surface area contributed by atoms with E-state index in [4.69, 9.17) is 0 Å². The molecule has 0 radical (unpaired) electrons. The molecule has 3 N–H and O–H groups in total. The summed E-state index contributed by atoms with van der Waals surface area (Å²) in [5, 5.41) is 9.93. The SMILES string of the molecule is C=C/C(=C\N=C(C)C)c1cc(C(=O)NCc2c(C)cc(C)[nH]c2=O)c(C)c(-c2ccn[nH]2)c1. The van der Waals surface area contributed by atoms with Crippen LogP contribution >= 0.6 is 0 Å². The Bertz CT molecular complexity index is 1310. The Morgan fingerprint density at radius 2 is 1.97 bits per heavy atom. The van der Waals surface area contributed by atoms with Gasteiger partial charge in [0.1, 0.15) is 0 Å². The minimum Gasteiger partial charge on any atom is -0.348 e. The monoisotopic (exact) mass is 443 g/mol. The number of pyridine rings is 1. The summed E-state index contributed by atoms with van der Waals surface area (Å²) in [6, 6.07) is 7.56. The molecule has 33 heavy (non-hydrogen) atoms. The van der Waals surface area contributed by atoms with E-state index in [1.54, 1.807) is 18.5 Å². The molecule has 2 aromatic heterocycles. The van der Waals surface area contributed by atoms with Gasteiger partial charge in [0.05, 0.1) is 5.69 Å². The van der Waals surface area contributed by atoms with Gasteiger partial charge in [-0.3, -0.25) is 19.7 Å². The van der Waals surface area contributed by atoms with E-state index in [1.807, 2.05) is 58.9 Å². The lowest BCUT2D eigenvalue weighted by Crippen LogP contribution is -2.28. The van der Waals surface area contributed by atoms with Crippen LogP contribution in [0.5, 0.6) is 0 Å². The smallest absolute Gasteiger partial charge is 0.253 e. The number of aliphatic imine (C=N–C) groups is 1. The molecule has 0 bridgehead atoms. The molecule has 0 saturated carbocycles. The van der Waals surface area contributed by atoms with Crippen LogP contribution in [0.3, 0.4) is 0 Å². The van der Waals surface area contributed by atoms with Crippen LogP contribution < -0.4 is 10.9 Å². The average molecular weight is 444 g/mol. The Balaban J connectivity index is 2.05. The summed E-state index contributed by atoms with van der Waals surface area (Å²) < 4.78 is 0. The van der Waals surface area contributed by atoms with Gasteiger partial charge in [0.2, 0.25) is 0 Å². The molecule has 2 heterocycles. The Hall–Kier alpha value is -4.00. The number of carbonyl (C=O) groups excluding carboxylic acids is 1. The molecule has 0 saturated heterocycles. The van der Waals surface area contributed by atoms with E-state index in [2.05, 4.69) is 32.1 Å². The molecule has 3 rings (SSSR count). The lowest BCUT2D eigenvalue weighted by Gasteiger charge is -2.15. The van der Waals surface area contributed by atoms with Crippen molar-refractivity contribution < 1.29 is 4.79 Å². The van der Waals surface area contributed by atoms with Crippen molar-refractivity contribution in [2.24, 2.45) is 4.99 Å². The number of nitrogens with one attached hydrogen (secondary N) is 3. The van der Waals surface area contributed by atoms with E-state index in [0.29, 0.717) is 11.1 Å². The molecule has 0 atom stereocenters. The maximum atomic E-state index is 13.3. The van der Waals surface area contributed by atoms with E-state index in [-0.39, 0.29) is 18.0 Å². The third-order valence-electron chi connectivity index (χ3n) is 5.38. The molecule has 0 unspecified atom stereocenters. The molecular weight excluding hydrogens is 414 g/mol. The molecular formula is C26H29N5O2. The minimum absolute atomic E-state index is 0.132. The zero-order valence-electron chi connectivity index (χ0n) is 19.7. The van der Waals surface area contributed by atoms with Gasteiger partial charge in [-0.25, -0.2) is 0 Å². The minimum atomic E-state index is -0.270. The van der Waals surface area contributed by atoms with Gasteiger partial charge in [-0.15, -0.1) is 0 Å². The summed E-state index contributed by atoms with van der Waals surface area (Å²) in [4.78, 5) is 32.8. The third kappa shape index (κ3) is 5.44. The van der Waals surface area contributed by atoms with E-state index >= 15 is 0 Å². The first-order valence-electron chi connectivity index (χ1n) is 10.7. The van der Waals surface area contributed by atoms with Crippen molar-refractivity contribution in [3.05, 3.63) is 93.2 Å². The Labute approximate surface area is 193 Å². The summed E-state index contributed by atoms with van der Waals surface area (Å²) in [5.74, 6) is -0.270. The molecule has 7 nitrogen and oxygen atoms in total. The summed E-state index contributed by atoms with van der Waals surface area (Å²) in [6.07, 6.45) is 5.12. The van der Waals surface area contributed by atoms with Crippen LogP contribution in [0.1, 0.15) is 52.2 Å². The second-order valence-corrected chi connectivity index (χ2v) is 8.16. The van der Waals surface area contributed by atoms with Crippen LogP contribution in [0.2, 0.25) is 0 Å². The second-order valence-electron chi connectivity index (χ2n) is 8.16. The molecule has 3 aromatic rings. The highest BCUT2D eigenvalue weighted by molar-refractivity contribution is 5.99. The number of hydrogen-bond donors (Lipinski definition) is 3. The molecule has 0 aliphatic heterocycles. The average Bonchev–Trinajstić information content (AvgIpc) is 3.28. The molecule has 170 valence electrons. The molecule has 1 aromatic carbocycles. The first kappa shape index (κ1) is 23.7. The largest absolute Gasteiger partial charge is 0.348 e. The molecule has 0 fully saturated rings. The van der Waals surface area contributed by atoms with Crippen molar-refractivity contribution >= 4 is 17.2 Å². The highest BCUT2D eigenvalue weighted by Gasteiger charge is 2.17. The van der Waals surface area contributed by atoms with Crippen LogP contribution in [0.15, 0.2) is 59.1 Å². The molecule has 7 heteroatoms. The van der Waals surface area contributed by atoms with E-state index in [0.717, 1.165) is 44.9 Å². The molecule has 1 amide bonds. The summed E-state index contributed by atoms with van der Waals surface area (Å²) in [7, 11) is 0. The predicted molar refractivity (Wildman–Crippen MR) is 133 cm³/mol. The van der Waals surface area contributed by atoms with Gasteiger partial charge in [-0.1, -0.05) is 12.7 Å². The lowest BCUT2D eigenvalue weighted by atomic mass is 9.93. The number of allylic oxidation sites excluding steroid dienone is 2. The summed E-state index contributed by atoms with van der Waals surface area (Å²) >= 11 is 0. The van der Waals surface area contributed by atoms with Crippen molar-refractivity contribution in [2.45, 2.75) is 41.2 Å². The van der Waals surface area contributed by atoms with E-state index in [9.17, 15) is 9.59 Å². The van der Waals surface area contributed by atoms with Crippen LogP contribution in [-0.2, 0) is 6.54 Å². The van der Waals surface area contributed by atoms with E-state index < -0.39 is 0 Å². The topological polar surface area (TPSA) is 103 Å². The predicted octanol–water partition coefficient (Wildman–Crippen LogP) is 4.63. The molecule has 0 aliphatic rings. The number of benzene rings is 1. The number of carbonyl (C=O) groups is 1. The molecule has 0 aliphatic carbocycles. The number of rotatable bonds is 7. The van der Waals surface area contributed by atoms with Gasteiger partial charge in [0.15, 0.2) is 0 Å². The Morgan fingerprint density at radius 3 is 2.58 bits per heavy atom. The van der Waals surface area contributed by atoms with Gasteiger partial charge in [0.25, 0.3) is 11.5 Å². The van der Waals surface area contributed by atoms with Gasteiger partial charge in [-0.05, 0) is 81.1 Å². The van der Waals surface area contributed by atoms with Crippen molar-refractivity contribution in [3.63, 3.8) is 0 Å². The zero-order valence-corrected chi connectivity index (χ0v) is 19.7. The number of nitrogens with zero attached hydrogens (tertiary/aromatic N) is 2. The van der Waals surface area contributed by atoms with Crippen LogP contribution in [0, 0.1) is 20.8 Å². The standard InChI is InChI=1S/C26H29N5O2/c1-7-19(13-27-15(2)3)20-11-21(24-8-9-29-31-24)18(6)22(12-20)25(32)28-14-23-16(4)10-17(5)30-26(23)33/h7-13H,1,14H2,2-6H3,(H,28,32)(H,29,31)(H,30,33)/b19-13+. The number of aryl methyl sites for hydroxylation is 2. The van der Waals surface area contributed by atoms with Gasteiger partial charge < -0.3 is 10.3 Å². The van der Waals surface area contributed by atoms with Crippen molar-refractivity contribution in [3.8, 4) is 11.3 Å². The Kier molecular flexibility index (Phi) is 7.23. The quantitative estimate of drug-likeness (QED) is 0.366. The van der Waals surface area contributed by atoms with Crippen molar-refractivity contribution in [1.29, 1.82) is 0 Å². The fourth-order valence-corrected chi connectivity index (χ4v) is 3.61. The first-order valence-corrected chi connectivity index (χ1v) is 10.7. The summed E-state index contributed by atoms with van der Waals surface area (Å²) in [5.41, 5.74) is 7.42. The number of aromatic amines is 2. The van der Waals surface area contributed by atoms with E-state index in [1.165, 1.54) is 0 Å². The zero-order chi connectivity index (χ0) is 24.1. The second kappa shape index (κ2) is 10.1. The summed E-state index contributed by atoms with van der Waals surface area (Å²) in [6.45, 7) is 13.5.